The van der Waals surface area contributed by atoms with Crippen molar-refractivity contribution in [1.29, 1.82) is 0 Å². The van der Waals surface area contributed by atoms with Crippen molar-refractivity contribution in [3.05, 3.63) is 65.7 Å². The largest absolute Gasteiger partial charge is 0.490 e. The number of carboxylic acid groups (broad SMARTS) is 1. The van der Waals surface area contributed by atoms with E-state index in [0.29, 0.717) is 5.75 Å². The summed E-state index contributed by atoms with van der Waals surface area (Å²) in [5.74, 6) is 3.95. The average molecular weight is 546 g/mol. The highest BCUT2D eigenvalue weighted by molar-refractivity contribution is 5.72. The van der Waals surface area contributed by atoms with E-state index in [2.05, 4.69) is 21.3 Å². The number of aliphatic carboxylic acids is 1. The first-order chi connectivity index (χ1) is 17.8. The van der Waals surface area contributed by atoms with Gasteiger partial charge in [-0.2, -0.15) is 26.3 Å². The molecule has 0 radical (unpaired) electrons. The van der Waals surface area contributed by atoms with Crippen molar-refractivity contribution < 1.29 is 55.2 Å². The number of rotatable bonds is 12. The third kappa shape index (κ3) is 12.4. The molecule has 12 heteroatoms. The molecule has 206 valence electrons. The van der Waals surface area contributed by atoms with Gasteiger partial charge in [0.2, 0.25) is 0 Å². The number of allylic oxidation sites excluding steroid dienone is 1. The number of carbonyl (C=O) groups is 1. The molecule has 0 saturated heterocycles. The van der Waals surface area contributed by atoms with Gasteiger partial charge in [0.15, 0.2) is 19.3 Å². The van der Waals surface area contributed by atoms with Gasteiger partial charge in [-0.25, -0.2) is 4.79 Å². The molecule has 0 fully saturated rings. The van der Waals surface area contributed by atoms with Crippen LogP contribution in [0.1, 0.15) is 18.1 Å². The number of halogens is 6. The van der Waals surface area contributed by atoms with Crippen LogP contribution in [0.25, 0.3) is 0 Å². The van der Waals surface area contributed by atoms with Crippen LogP contribution in [0.5, 0.6) is 17.2 Å². The third-order valence-corrected chi connectivity index (χ3v) is 4.44. The van der Waals surface area contributed by atoms with Gasteiger partial charge in [0, 0.05) is 24.7 Å². The zero-order chi connectivity index (χ0) is 28.2. The second kappa shape index (κ2) is 14.2. The average Bonchev–Trinajstić information content (AvgIpc) is 2.83. The SMILES string of the molecule is CCOC(Cc1ccc(OCC=CC#Cc2cc(OCC(F)(F)F)cc(OCC(F)(F)F)c2)cc1)C(=O)O. The number of carboxylic acids is 1. The molecule has 0 saturated carbocycles. The molecule has 1 unspecified atom stereocenters. The molecule has 0 spiro atoms. The number of hydrogen-bond acceptors (Lipinski definition) is 5. The minimum Gasteiger partial charge on any atom is -0.490 e. The van der Waals surface area contributed by atoms with Crippen LogP contribution in [0.4, 0.5) is 26.3 Å². The maximum absolute atomic E-state index is 12.4. The lowest BCUT2D eigenvalue weighted by Crippen LogP contribution is -2.26. The number of benzene rings is 2. The van der Waals surface area contributed by atoms with E-state index in [1.807, 2.05) is 0 Å². The molecule has 2 rings (SSSR count). The van der Waals surface area contributed by atoms with Crippen LogP contribution < -0.4 is 14.2 Å². The standard InChI is InChI=1S/C26H24F6O6/c1-2-35-23(24(33)34)14-18-7-9-20(10-8-18)36-11-5-3-4-6-19-12-21(37-16-25(27,28)29)15-22(13-19)38-17-26(30,31)32/h3,5,7-10,12-13,15,23H,2,11,14,16-17H2,1H3,(H,33,34). The van der Waals surface area contributed by atoms with E-state index in [0.717, 1.165) is 23.8 Å². The Bertz CT molecular complexity index is 1090. The zero-order valence-corrected chi connectivity index (χ0v) is 20.1. The molecule has 2 aromatic rings. The molecular formula is C26H24F6O6. The third-order valence-electron chi connectivity index (χ3n) is 4.44. The van der Waals surface area contributed by atoms with Gasteiger partial charge in [0.1, 0.15) is 23.9 Å². The first-order valence-electron chi connectivity index (χ1n) is 11.1. The normalized spacial score (nSPS) is 12.5. The molecule has 1 N–H and O–H groups in total. The molecular weight excluding hydrogens is 522 g/mol. The molecule has 0 bridgehead atoms. The van der Waals surface area contributed by atoms with Crippen molar-refractivity contribution >= 4 is 5.97 Å². The Morgan fingerprint density at radius 2 is 1.50 bits per heavy atom. The van der Waals surface area contributed by atoms with E-state index in [9.17, 15) is 31.1 Å². The van der Waals surface area contributed by atoms with Gasteiger partial charge in [0.25, 0.3) is 0 Å². The van der Waals surface area contributed by atoms with E-state index in [4.69, 9.17) is 14.6 Å². The van der Waals surface area contributed by atoms with Crippen LogP contribution in [0.15, 0.2) is 54.6 Å². The first-order valence-corrected chi connectivity index (χ1v) is 11.1. The minimum absolute atomic E-state index is 0.0784. The molecule has 38 heavy (non-hydrogen) atoms. The van der Waals surface area contributed by atoms with Gasteiger partial charge in [-0.15, -0.1) is 0 Å². The van der Waals surface area contributed by atoms with Crippen LogP contribution in [-0.2, 0) is 16.0 Å². The minimum atomic E-state index is -4.64. The number of alkyl halides is 6. The summed E-state index contributed by atoms with van der Waals surface area (Å²) in [6, 6.07) is 9.94. The van der Waals surface area contributed by atoms with Crippen molar-refractivity contribution in [2.75, 3.05) is 26.4 Å². The van der Waals surface area contributed by atoms with Gasteiger partial charge >= 0.3 is 18.3 Å². The summed E-state index contributed by atoms with van der Waals surface area (Å²) >= 11 is 0. The summed E-state index contributed by atoms with van der Waals surface area (Å²) in [6.07, 6.45) is -7.08. The lowest BCUT2D eigenvalue weighted by Gasteiger charge is -2.13. The Morgan fingerprint density at radius 3 is 2.00 bits per heavy atom. The predicted octanol–water partition coefficient (Wildman–Crippen LogP) is 5.59. The van der Waals surface area contributed by atoms with Crippen LogP contribution in [0, 0.1) is 11.8 Å². The zero-order valence-electron chi connectivity index (χ0n) is 20.1. The highest BCUT2D eigenvalue weighted by Crippen LogP contribution is 2.26. The fourth-order valence-corrected chi connectivity index (χ4v) is 2.87. The second-order valence-corrected chi connectivity index (χ2v) is 7.61. The van der Waals surface area contributed by atoms with E-state index in [-0.39, 0.29) is 36.7 Å². The Morgan fingerprint density at radius 1 is 0.921 bits per heavy atom. The molecule has 6 nitrogen and oxygen atoms in total. The van der Waals surface area contributed by atoms with E-state index in [1.54, 1.807) is 37.3 Å². The molecule has 0 aliphatic rings. The van der Waals surface area contributed by atoms with Gasteiger partial charge in [-0.05, 0) is 48.9 Å². The highest BCUT2D eigenvalue weighted by Gasteiger charge is 2.30. The molecule has 0 aromatic heterocycles. The topological polar surface area (TPSA) is 74.2 Å². The summed E-state index contributed by atoms with van der Waals surface area (Å²) in [5, 5.41) is 9.15. The van der Waals surface area contributed by atoms with Crippen LogP contribution in [0.2, 0.25) is 0 Å². The van der Waals surface area contributed by atoms with Crippen LogP contribution >= 0.6 is 0 Å². The molecule has 2 aromatic carbocycles. The van der Waals surface area contributed by atoms with E-state index < -0.39 is 37.6 Å². The second-order valence-electron chi connectivity index (χ2n) is 7.61. The van der Waals surface area contributed by atoms with Crippen molar-refractivity contribution in [1.82, 2.24) is 0 Å². The maximum atomic E-state index is 12.4. The summed E-state index contributed by atoms with van der Waals surface area (Å²) in [6.45, 7) is -1.17. The van der Waals surface area contributed by atoms with Crippen molar-refractivity contribution in [2.24, 2.45) is 0 Å². The van der Waals surface area contributed by atoms with Crippen molar-refractivity contribution in [2.45, 2.75) is 31.8 Å². The van der Waals surface area contributed by atoms with Gasteiger partial charge < -0.3 is 24.1 Å². The Hall–Kier alpha value is -3.85. The molecule has 0 aliphatic carbocycles. The lowest BCUT2D eigenvalue weighted by atomic mass is 10.1. The number of ether oxygens (including phenoxy) is 4. The van der Waals surface area contributed by atoms with Crippen molar-refractivity contribution in [3.8, 4) is 29.1 Å². The highest BCUT2D eigenvalue weighted by atomic mass is 19.4. The summed E-state index contributed by atoms with van der Waals surface area (Å²) in [5.41, 5.74) is 0.828. The van der Waals surface area contributed by atoms with E-state index >= 15 is 0 Å². The van der Waals surface area contributed by atoms with Crippen molar-refractivity contribution in [3.63, 3.8) is 0 Å². The number of hydrogen-bond donors (Lipinski definition) is 1. The summed E-state index contributed by atoms with van der Waals surface area (Å²) in [7, 11) is 0. The molecule has 0 heterocycles. The monoisotopic (exact) mass is 546 g/mol. The van der Waals surface area contributed by atoms with Gasteiger partial charge in [0.05, 0.1) is 0 Å². The first kappa shape index (κ1) is 30.4. The predicted molar refractivity (Wildman–Crippen MR) is 124 cm³/mol. The Balaban J connectivity index is 1.97. The molecule has 0 amide bonds. The Kier molecular flexibility index (Phi) is 11.3. The Labute approximate surface area is 214 Å². The molecule has 1 atom stereocenters. The fraction of sp³-hybridized carbons (Fsp3) is 0.346. The fourth-order valence-electron chi connectivity index (χ4n) is 2.87. The lowest BCUT2D eigenvalue weighted by molar-refractivity contribution is -0.154. The quantitative estimate of drug-likeness (QED) is 0.277. The smallest absolute Gasteiger partial charge is 0.422 e. The van der Waals surface area contributed by atoms with Gasteiger partial charge in [-0.1, -0.05) is 24.0 Å². The van der Waals surface area contributed by atoms with Crippen LogP contribution in [-0.4, -0.2) is 56.0 Å². The van der Waals surface area contributed by atoms with Crippen LogP contribution in [0.3, 0.4) is 0 Å². The molecule has 0 aliphatic heterocycles. The summed E-state index contributed by atoms with van der Waals surface area (Å²) < 4.78 is 94.5. The maximum Gasteiger partial charge on any atom is 0.422 e. The van der Waals surface area contributed by atoms with Gasteiger partial charge in [-0.3, -0.25) is 0 Å². The summed E-state index contributed by atoms with van der Waals surface area (Å²) in [4.78, 5) is 11.2. The van der Waals surface area contributed by atoms with E-state index in [1.165, 1.54) is 6.08 Å².